The van der Waals surface area contributed by atoms with Gasteiger partial charge in [0.05, 0.1) is 25.5 Å². The molecule has 1 atom stereocenters. The normalized spacial score (nSPS) is 12.4. The van der Waals surface area contributed by atoms with Gasteiger partial charge in [0.1, 0.15) is 5.75 Å². The smallest absolute Gasteiger partial charge is 0.141 e. The molecule has 2 rings (SSSR count). The van der Waals surface area contributed by atoms with Crippen molar-refractivity contribution in [2.45, 2.75) is 25.9 Å². The van der Waals surface area contributed by atoms with Crippen molar-refractivity contribution in [3.63, 3.8) is 0 Å². The Hall–Kier alpha value is -1.92. The van der Waals surface area contributed by atoms with Crippen molar-refractivity contribution in [3.05, 3.63) is 42.0 Å². The number of hydrazine groups is 1. The molecule has 19 heavy (non-hydrogen) atoms. The van der Waals surface area contributed by atoms with Crippen molar-refractivity contribution < 1.29 is 4.74 Å². The highest BCUT2D eigenvalue weighted by Crippen LogP contribution is 2.25. The van der Waals surface area contributed by atoms with E-state index in [4.69, 9.17) is 10.6 Å². The molecular formula is C13H19N5O. The molecule has 0 radical (unpaired) electrons. The summed E-state index contributed by atoms with van der Waals surface area (Å²) in [6.07, 6.45) is 8.06. The van der Waals surface area contributed by atoms with Gasteiger partial charge >= 0.3 is 0 Å². The zero-order valence-electron chi connectivity index (χ0n) is 11.2. The second-order valence-electron chi connectivity index (χ2n) is 4.25. The molecule has 0 spiro atoms. The minimum absolute atomic E-state index is 0.0348. The van der Waals surface area contributed by atoms with Gasteiger partial charge in [-0.1, -0.05) is 0 Å². The second kappa shape index (κ2) is 6.31. The minimum Gasteiger partial charge on any atom is -0.495 e. The van der Waals surface area contributed by atoms with Crippen molar-refractivity contribution >= 4 is 0 Å². The number of methoxy groups -OCH3 is 1. The standard InChI is InChI=1S/C13H19N5O/c1-3-18-9-10(7-16-18)6-12(17-14)11-4-5-15-8-13(11)19-2/h4-5,7-9,12,17H,3,6,14H2,1-2H3. The average molecular weight is 261 g/mol. The predicted octanol–water partition coefficient (Wildman–Crippen LogP) is 1.05. The van der Waals surface area contributed by atoms with E-state index >= 15 is 0 Å². The summed E-state index contributed by atoms with van der Waals surface area (Å²) in [5.41, 5.74) is 4.94. The van der Waals surface area contributed by atoms with Crippen molar-refractivity contribution in [2.75, 3.05) is 7.11 Å². The first-order valence-corrected chi connectivity index (χ1v) is 6.23. The summed E-state index contributed by atoms with van der Waals surface area (Å²) < 4.78 is 7.21. The largest absolute Gasteiger partial charge is 0.495 e. The Labute approximate surface area is 112 Å². The van der Waals surface area contributed by atoms with Crippen molar-refractivity contribution in [1.82, 2.24) is 20.2 Å². The molecule has 0 saturated heterocycles. The van der Waals surface area contributed by atoms with Gasteiger partial charge in [0.15, 0.2) is 0 Å². The number of aromatic nitrogens is 3. The predicted molar refractivity (Wildman–Crippen MR) is 72.5 cm³/mol. The fourth-order valence-corrected chi connectivity index (χ4v) is 2.03. The molecule has 6 heteroatoms. The van der Waals surface area contributed by atoms with E-state index in [0.717, 1.165) is 29.8 Å². The van der Waals surface area contributed by atoms with Crippen LogP contribution in [0.5, 0.6) is 5.75 Å². The number of nitrogens with one attached hydrogen (secondary N) is 1. The lowest BCUT2D eigenvalue weighted by Crippen LogP contribution is -2.29. The number of pyridine rings is 1. The van der Waals surface area contributed by atoms with Crippen LogP contribution in [0.4, 0.5) is 0 Å². The third-order valence-corrected chi connectivity index (χ3v) is 3.06. The van der Waals surface area contributed by atoms with E-state index in [1.165, 1.54) is 0 Å². The number of ether oxygens (including phenoxy) is 1. The molecule has 0 aliphatic carbocycles. The molecular weight excluding hydrogens is 242 g/mol. The van der Waals surface area contributed by atoms with Gasteiger partial charge in [0.25, 0.3) is 0 Å². The molecule has 0 saturated carbocycles. The Morgan fingerprint density at radius 1 is 1.47 bits per heavy atom. The fourth-order valence-electron chi connectivity index (χ4n) is 2.03. The molecule has 1 unspecified atom stereocenters. The number of hydrogen-bond acceptors (Lipinski definition) is 5. The van der Waals surface area contributed by atoms with Crippen LogP contribution < -0.4 is 16.0 Å². The van der Waals surface area contributed by atoms with Gasteiger partial charge in [-0.3, -0.25) is 20.9 Å². The Balaban J connectivity index is 2.19. The lowest BCUT2D eigenvalue weighted by Gasteiger charge is -2.17. The number of aryl methyl sites for hydroxylation is 1. The van der Waals surface area contributed by atoms with Gasteiger partial charge in [-0.05, 0) is 25.0 Å². The highest BCUT2D eigenvalue weighted by Gasteiger charge is 2.16. The third-order valence-electron chi connectivity index (χ3n) is 3.06. The molecule has 0 aliphatic rings. The fraction of sp³-hybridized carbons (Fsp3) is 0.385. The summed E-state index contributed by atoms with van der Waals surface area (Å²) >= 11 is 0. The quantitative estimate of drug-likeness (QED) is 0.600. The van der Waals surface area contributed by atoms with Crippen LogP contribution >= 0.6 is 0 Å². The molecule has 2 aromatic rings. The highest BCUT2D eigenvalue weighted by molar-refractivity contribution is 5.33. The van der Waals surface area contributed by atoms with Gasteiger partial charge < -0.3 is 4.74 Å². The third kappa shape index (κ3) is 3.10. The maximum absolute atomic E-state index is 5.66. The maximum atomic E-state index is 5.66. The highest BCUT2D eigenvalue weighted by atomic mass is 16.5. The minimum atomic E-state index is -0.0348. The van der Waals surface area contributed by atoms with Gasteiger partial charge in [-0.2, -0.15) is 5.10 Å². The lowest BCUT2D eigenvalue weighted by atomic mass is 10.0. The molecule has 3 N–H and O–H groups in total. The molecule has 0 amide bonds. The van der Waals surface area contributed by atoms with E-state index in [-0.39, 0.29) is 6.04 Å². The Morgan fingerprint density at radius 3 is 2.95 bits per heavy atom. The summed E-state index contributed by atoms with van der Waals surface area (Å²) in [4.78, 5) is 4.05. The first-order chi connectivity index (χ1) is 9.28. The molecule has 0 aliphatic heterocycles. The van der Waals surface area contributed by atoms with Crippen LogP contribution in [0.2, 0.25) is 0 Å². The molecule has 102 valence electrons. The van der Waals surface area contributed by atoms with E-state index in [0.29, 0.717) is 0 Å². The van der Waals surface area contributed by atoms with Crippen LogP contribution in [0.3, 0.4) is 0 Å². The summed E-state index contributed by atoms with van der Waals surface area (Å²) in [6, 6.07) is 1.88. The summed E-state index contributed by atoms with van der Waals surface area (Å²) in [5, 5.41) is 4.26. The van der Waals surface area contributed by atoms with Gasteiger partial charge in [-0.25, -0.2) is 0 Å². The average Bonchev–Trinajstić information content (AvgIpc) is 2.92. The maximum Gasteiger partial charge on any atom is 0.141 e. The summed E-state index contributed by atoms with van der Waals surface area (Å²) in [7, 11) is 1.63. The summed E-state index contributed by atoms with van der Waals surface area (Å²) in [5.74, 6) is 6.39. The van der Waals surface area contributed by atoms with Crippen molar-refractivity contribution in [3.8, 4) is 5.75 Å². The van der Waals surface area contributed by atoms with Crippen LogP contribution in [-0.4, -0.2) is 21.9 Å². The number of nitrogens with two attached hydrogens (primary N) is 1. The zero-order chi connectivity index (χ0) is 13.7. The molecule has 0 aromatic carbocycles. The number of rotatable bonds is 6. The van der Waals surface area contributed by atoms with Crippen molar-refractivity contribution in [2.24, 2.45) is 5.84 Å². The van der Waals surface area contributed by atoms with Gasteiger partial charge in [-0.15, -0.1) is 0 Å². The molecule has 2 aromatic heterocycles. The first kappa shape index (κ1) is 13.5. The molecule has 6 nitrogen and oxygen atoms in total. The van der Waals surface area contributed by atoms with E-state index in [2.05, 4.69) is 22.4 Å². The topological polar surface area (TPSA) is 78.0 Å². The van der Waals surface area contributed by atoms with Gasteiger partial charge in [0.2, 0.25) is 0 Å². The Kier molecular flexibility index (Phi) is 4.48. The van der Waals surface area contributed by atoms with Crippen LogP contribution in [0.15, 0.2) is 30.9 Å². The zero-order valence-corrected chi connectivity index (χ0v) is 11.2. The van der Waals surface area contributed by atoms with E-state index < -0.39 is 0 Å². The number of hydrogen-bond donors (Lipinski definition) is 2. The first-order valence-electron chi connectivity index (χ1n) is 6.23. The molecule has 0 fully saturated rings. The Morgan fingerprint density at radius 2 is 2.32 bits per heavy atom. The van der Waals surface area contributed by atoms with Crippen LogP contribution in [0.1, 0.15) is 24.1 Å². The van der Waals surface area contributed by atoms with Crippen molar-refractivity contribution in [1.29, 1.82) is 0 Å². The van der Waals surface area contributed by atoms with Gasteiger partial charge in [0, 0.05) is 24.5 Å². The van der Waals surface area contributed by atoms with E-state index in [1.54, 1.807) is 19.5 Å². The SMILES string of the molecule is CCn1cc(CC(NN)c2ccncc2OC)cn1. The van der Waals surface area contributed by atoms with E-state index in [1.807, 2.05) is 23.1 Å². The Bertz CT molecular complexity index is 525. The monoisotopic (exact) mass is 261 g/mol. The van der Waals surface area contributed by atoms with Crippen LogP contribution in [0, 0.1) is 0 Å². The van der Waals surface area contributed by atoms with Crippen LogP contribution in [0.25, 0.3) is 0 Å². The molecule has 0 bridgehead atoms. The van der Waals surface area contributed by atoms with Crippen LogP contribution in [-0.2, 0) is 13.0 Å². The number of nitrogens with zero attached hydrogens (tertiary/aromatic N) is 3. The summed E-state index contributed by atoms with van der Waals surface area (Å²) in [6.45, 7) is 2.92. The second-order valence-corrected chi connectivity index (χ2v) is 4.25. The lowest BCUT2D eigenvalue weighted by molar-refractivity contribution is 0.397. The molecule has 2 heterocycles. The van der Waals surface area contributed by atoms with E-state index in [9.17, 15) is 0 Å².